The van der Waals surface area contributed by atoms with E-state index in [-0.39, 0.29) is 11.5 Å². The fourth-order valence-electron chi connectivity index (χ4n) is 4.46. The lowest BCUT2D eigenvalue weighted by atomic mass is 9.90. The minimum absolute atomic E-state index is 0.177. The van der Waals surface area contributed by atoms with Crippen molar-refractivity contribution in [1.82, 2.24) is 14.7 Å². The number of pyridine rings is 1. The number of carbonyl (C=O) groups excluding carboxylic acids is 1. The van der Waals surface area contributed by atoms with Crippen LogP contribution >= 0.6 is 24.0 Å². The molecule has 3 aromatic rings. The molecule has 2 aliphatic rings. The smallest absolute Gasteiger partial charge is 0.267 e. The first kappa shape index (κ1) is 21.9. The molecular formula is C25H24N4O2S2. The first-order chi connectivity index (χ1) is 16.0. The van der Waals surface area contributed by atoms with E-state index in [2.05, 4.69) is 34.5 Å². The van der Waals surface area contributed by atoms with Gasteiger partial charge in [-0.05, 0) is 55.4 Å². The van der Waals surface area contributed by atoms with Gasteiger partial charge >= 0.3 is 0 Å². The number of thioether (sulfide) groups is 1. The van der Waals surface area contributed by atoms with Crippen LogP contribution in [-0.4, -0.2) is 32.7 Å². The highest BCUT2D eigenvalue weighted by Gasteiger charge is 2.27. The summed E-state index contributed by atoms with van der Waals surface area (Å²) in [6.45, 7) is 3.58. The molecular weight excluding hydrogens is 452 g/mol. The summed E-state index contributed by atoms with van der Waals surface area (Å²) < 4.78 is 1.96. The summed E-state index contributed by atoms with van der Waals surface area (Å²) in [5.41, 5.74) is 3.19. The van der Waals surface area contributed by atoms with Gasteiger partial charge in [0.15, 0.2) is 0 Å². The minimum atomic E-state index is -0.272. The van der Waals surface area contributed by atoms with E-state index in [1.165, 1.54) is 17.3 Å². The summed E-state index contributed by atoms with van der Waals surface area (Å²) >= 11 is 6.30. The van der Waals surface area contributed by atoms with Gasteiger partial charge in [-0.3, -0.25) is 14.0 Å². The van der Waals surface area contributed by atoms with E-state index in [1.807, 2.05) is 25.1 Å². The van der Waals surface area contributed by atoms with Crippen molar-refractivity contribution in [3.63, 3.8) is 0 Å². The van der Waals surface area contributed by atoms with Crippen LogP contribution in [0.5, 0.6) is 0 Å². The van der Waals surface area contributed by atoms with Gasteiger partial charge < -0.3 is 10.2 Å². The first-order valence-electron chi connectivity index (χ1n) is 11.0. The molecule has 8 heteroatoms. The van der Waals surface area contributed by atoms with Crippen LogP contribution < -0.4 is 15.8 Å². The van der Waals surface area contributed by atoms with Gasteiger partial charge in [0.05, 0.1) is 10.5 Å². The Labute approximate surface area is 201 Å². The molecule has 0 saturated carbocycles. The van der Waals surface area contributed by atoms with Gasteiger partial charge in [0.1, 0.15) is 15.8 Å². The molecule has 0 aliphatic carbocycles. The van der Waals surface area contributed by atoms with Crippen molar-refractivity contribution in [2.24, 2.45) is 5.92 Å². The second-order valence-electron chi connectivity index (χ2n) is 8.56. The van der Waals surface area contributed by atoms with E-state index in [4.69, 9.17) is 17.2 Å². The second-order valence-corrected chi connectivity index (χ2v) is 10.3. The van der Waals surface area contributed by atoms with Gasteiger partial charge in [-0.2, -0.15) is 0 Å². The van der Waals surface area contributed by atoms with Crippen LogP contribution in [0.2, 0.25) is 0 Å². The van der Waals surface area contributed by atoms with Crippen molar-refractivity contribution in [2.75, 3.05) is 18.0 Å². The van der Waals surface area contributed by atoms with Gasteiger partial charge in [-0.1, -0.05) is 60.4 Å². The van der Waals surface area contributed by atoms with Crippen molar-refractivity contribution in [3.8, 4) is 0 Å². The van der Waals surface area contributed by atoms with Crippen LogP contribution in [-0.2, 0) is 11.2 Å². The topological polar surface area (TPSA) is 66.7 Å². The number of hydrogen-bond donors (Lipinski definition) is 1. The minimum Gasteiger partial charge on any atom is -0.356 e. The number of piperidine rings is 1. The summed E-state index contributed by atoms with van der Waals surface area (Å²) in [4.78, 5) is 33.3. The number of hydrogen-bond acceptors (Lipinski definition) is 6. The maximum atomic E-state index is 13.5. The Morgan fingerprint density at radius 1 is 1.15 bits per heavy atom. The normalized spacial score (nSPS) is 18.3. The molecule has 33 heavy (non-hydrogen) atoms. The number of thiocarbonyl (C=S) groups is 1. The first-order valence-corrected chi connectivity index (χ1v) is 12.3. The fraction of sp³-hybridized carbons (Fsp3) is 0.280. The lowest BCUT2D eigenvalue weighted by molar-refractivity contribution is -0.115. The number of anilines is 1. The maximum Gasteiger partial charge on any atom is 0.267 e. The summed E-state index contributed by atoms with van der Waals surface area (Å²) in [5, 5.41) is 2.63. The number of nitrogens with one attached hydrogen (secondary N) is 1. The van der Waals surface area contributed by atoms with Gasteiger partial charge in [0, 0.05) is 19.3 Å². The predicted molar refractivity (Wildman–Crippen MR) is 138 cm³/mol. The second kappa shape index (κ2) is 9.11. The number of nitrogens with zero attached hydrogens (tertiary/aromatic N) is 3. The Hall–Kier alpha value is -2.97. The van der Waals surface area contributed by atoms with Gasteiger partial charge in [-0.25, -0.2) is 4.98 Å². The highest BCUT2D eigenvalue weighted by atomic mass is 32.2. The molecule has 4 heterocycles. The van der Waals surface area contributed by atoms with Crippen molar-refractivity contribution in [1.29, 1.82) is 0 Å². The van der Waals surface area contributed by atoms with Crippen LogP contribution in [0.4, 0.5) is 5.82 Å². The van der Waals surface area contributed by atoms with Gasteiger partial charge in [0.25, 0.3) is 11.5 Å². The Kier molecular flexibility index (Phi) is 6.03. The van der Waals surface area contributed by atoms with E-state index in [9.17, 15) is 9.59 Å². The largest absolute Gasteiger partial charge is 0.356 e. The number of benzene rings is 1. The molecule has 2 aliphatic heterocycles. The summed E-state index contributed by atoms with van der Waals surface area (Å²) in [5.74, 6) is 0.968. The molecule has 6 nitrogen and oxygen atoms in total. The zero-order valence-electron chi connectivity index (χ0n) is 18.3. The molecule has 2 saturated heterocycles. The standard InChI is InChI=1S/C25H24N4O2S2/c1-16-7-8-21-26-22(28-11-9-18(10-12-28)13-17-5-3-2-4-6-17)19(24(31)29(21)15-16)14-20-23(30)27-25(32)33-20/h2-8,14-15,18H,9-13H2,1H3,(H,27,30,32)/b20-14+. The summed E-state index contributed by atoms with van der Waals surface area (Å²) in [6.07, 6.45) is 6.55. The Bertz CT molecular complexity index is 1330. The van der Waals surface area contributed by atoms with E-state index in [0.29, 0.717) is 32.2 Å². The Morgan fingerprint density at radius 2 is 1.91 bits per heavy atom. The molecule has 1 N–H and O–H groups in total. The number of carbonyl (C=O) groups is 1. The lowest BCUT2D eigenvalue weighted by Crippen LogP contribution is -2.37. The van der Waals surface area contributed by atoms with Gasteiger partial charge in [-0.15, -0.1) is 0 Å². The van der Waals surface area contributed by atoms with Crippen LogP contribution in [0.1, 0.15) is 29.5 Å². The molecule has 1 aromatic carbocycles. The molecule has 2 fully saturated rings. The Balaban J connectivity index is 1.49. The average molecular weight is 477 g/mol. The molecule has 5 rings (SSSR count). The van der Waals surface area contributed by atoms with Crippen molar-refractivity contribution in [3.05, 3.63) is 80.6 Å². The quantitative estimate of drug-likeness (QED) is 0.454. The third kappa shape index (κ3) is 4.58. The number of aryl methyl sites for hydroxylation is 1. The SMILES string of the molecule is Cc1ccc2nc(N3CCC(Cc4ccccc4)CC3)c(/C=C3/SC(=S)NC3=O)c(=O)n2c1. The molecule has 2 aromatic heterocycles. The van der Waals surface area contributed by atoms with E-state index in [0.717, 1.165) is 37.9 Å². The molecule has 1 amide bonds. The molecule has 0 radical (unpaired) electrons. The molecule has 0 atom stereocenters. The van der Waals surface area contributed by atoms with Crippen LogP contribution in [0, 0.1) is 12.8 Å². The van der Waals surface area contributed by atoms with E-state index in [1.54, 1.807) is 16.7 Å². The van der Waals surface area contributed by atoms with Crippen molar-refractivity contribution < 1.29 is 4.79 Å². The number of rotatable bonds is 4. The highest BCUT2D eigenvalue weighted by molar-refractivity contribution is 8.26. The zero-order valence-corrected chi connectivity index (χ0v) is 19.9. The number of amides is 1. The Morgan fingerprint density at radius 3 is 2.61 bits per heavy atom. The average Bonchev–Trinajstić information content (AvgIpc) is 3.13. The molecule has 168 valence electrons. The number of fused-ring (bicyclic) bond motifs is 1. The van der Waals surface area contributed by atoms with Gasteiger partial charge in [0.2, 0.25) is 0 Å². The van der Waals surface area contributed by atoms with E-state index < -0.39 is 0 Å². The lowest BCUT2D eigenvalue weighted by Gasteiger charge is -2.33. The number of aromatic nitrogens is 2. The molecule has 0 unspecified atom stereocenters. The summed E-state index contributed by atoms with van der Waals surface area (Å²) in [6, 6.07) is 14.4. The zero-order chi connectivity index (χ0) is 22.9. The summed E-state index contributed by atoms with van der Waals surface area (Å²) in [7, 11) is 0. The third-order valence-electron chi connectivity index (χ3n) is 6.18. The monoisotopic (exact) mass is 476 g/mol. The predicted octanol–water partition coefficient (Wildman–Crippen LogP) is 3.95. The van der Waals surface area contributed by atoms with Crippen molar-refractivity contribution >= 4 is 51.7 Å². The highest BCUT2D eigenvalue weighted by Crippen LogP contribution is 2.30. The molecule has 0 bridgehead atoms. The van der Waals surface area contributed by atoms with Crippen LogP contribution in [0.25, 0.3) is 11.7 Å². The maximum absolute atomic E-state index is 13.5. The van der Waals surface area contributed by atoms with Crippen molar-refractivity contribution in [2.45, 2.75) is 26.2 Å². The van der Waals surface area contributed by atoms with E-state index >= 15 is 0 Å². The van der Waals surface area contributed by atoms with Crippen LogP contribution in [0.3, 0.4) is 0 Å². The fourth-order valence-corrected chi connectivity index (χ4v) is 5.49. The van der Waals surface area contributed by atoms with Crippen LogP contribution in [0.15, 0.2) is 58.4 Å². The molecule has 0 spiro atoms. The third-order valence-corrected chi connectivity index (χ3v) is 7.35.